The highest BCUT2D eigenvalue weighted by Gasteiger charge is 2.18. The Kier molecular flexibility index (Phi) is 7.06. The molecule has 0 aliphatic carbocycles. The van der Waals surface area contributed by atoms with Crippen LogP contribution in [-0.2, 0) is 16.4 Å². The predicted molar refractivity (Wildman–Crippen MR) is 120 cm³/mol. The molecule has 0 aliphatic rings. The number of benzene rings is 1. The Morgan fingerprint density at radius 2 is 1.93 bits per heavy atom. The predicted octanol–water partition coefficient (Wildman–Crippen LogP) is 4.79. The number of carbonyl (C=O) groups excluding carboxylic acids is 1. The van der Waals surface area contributed by atoms with E-state index in [1.165, 1.54) is 0 Å². The number of fused-ring (bicyclic) bond motifs is 1. The van der Waals surface area contributed by atoms with Gasteiger partial charge in [0.1, 0.15) is 0 Å². The first-order valence-electron chi connectivity index (χ1n) is 9.67. The van der Waals surface area contributed by atoms with Crippen molar-refractivity contribution < 1.29 is 13.2 Å². The van der Waals surface area contributed by atoms with Gasteiger partial charge < -0.3 is 0 Å². The lowest BCUT2D eigenvalue weighted by molar-refractivity contribution is 0.0981. The molecule has 0 saturated heterocycles. The molecule has 0 bridgehead atoms. The van der Waals surface area contributed by atoms with Gasteiger partial charge in [-0.3, -0.25) is 4.79 Å². The maximum absolute atomic E-state index is 12.5. The Balaban J connectivity index is 1.88. The van der Waals surface area contributed by atoms with Crippen LogP contribution in [0.1, 0.15) is 53.4 Å². The van der Waals surface area contributed by atoms with Crippen molar-refractivity contribution in [1.82, 2.24) is 14.3 Å². The molecule has 2 heterocycles. The number of carbonyl (C=O) groups is 1. The lowest BCUT2D eigenvalue weighted by atomic mass is 10.0. The lowest BCUT2D eigenvalue weighted by Crippen LogP contribution is -2.32. The number of nitrogens with zero attached hydrogens (tertiary/aromatic N) is 2. The molecule has 1 N–H and O–H groups in total. The van der Waals surface area contributed by atoms with E-state index in [9.17, 15) is 13.2 Å². The van der Waals surface area contributed by atoms with Crippen molar-refractivity contribution in [3.63, 3.8) is 0 Å². The highest BCUT2D eigenvalue weighted by atomic mass is 35.5. The molecule has 30 heavy (non-hydrogen) atoms. The van der Waals surface area contributed by atoms with E-state index in [-0.39, 0.29) is 11.3 Å². The van der Waals surface area contributed by atoms with Gasteiger partial charge in [0.2, 0.25) is 10.0 Å². The number of hydrogen-bond donors (Lipinski definition) is 1. The standard InChI is InChI=1S/C21H23Cl2N3O3S/c1-3-4-5-10-30(28,29)25-21(27)16-8-9-26-20(12-16)18(14(2)24-26)11-15-6-7-17(22)13-19(15)23/h6-9,12-13H,3-5,10-11H2,1-2H3,(H,25,27). The summed E-state index contributed by atoms with van der Waals surface area (Å²) in [6.07, 6.45) is 4.37. The fraction of sp³-hybridized carbons (Fsp3) is 0.333. The largest absolute Gasteiger partial charge is 0.268 e. The average Bonchev–Trinajstić information content (AvgIpc) is 2.98. The second kappa shape index (κ2) is 9.37. The van der Waals surface area contributed by atoms with Crippen molar-refractivity contribution in [2.75, 3.05) is 5.75 Å². The number of aryl methyl sites for hydroxylation is 1. The number of nitrogens with one attached hydrogen (secondary N) is 1. The molecule has 6 nitrogen and oxygen atoms in total. The first-order chi connectivity index (χ1) is 14.2. The van der Waals surface area contributed by atoms with Gasteiger partial charge in [0.25, 0.3) is 5.91 Å². The minimum absolute atomic E-state index is 0.0685. The molecule has 0 radical (unpaired) electrons. The molecule has 3 aromatic rings. The number of rotatable bonds is 8. The summed E-state index contributed by atoms with van der Waals surface area (Å²) in [6, 6.07) is 8.51. The lowest BCUT2D eigenvalue weighted by Gasteiger charge is -2.08. The van der Waals surface area contributed by atoms with E-state index in [2.05, 4.69) is 9.82 Å². The second-order valence-corrected chi connectivity index (χ2v) is 9.86. The summed E-state index contributed by atoms with van der Waals surface area (Å²) in [5.41, 5.74) is 3.55. The Labute approximate surface area is 186 Å². The van der Waals surface area contributed by atoms with E-state index >= 15 is 0 Å². The molecule has 3 rings (SSSR count). The first kappa shape index (κ1) is 22.6. The van der Waals surface area contributed by atoms with Crippen LogP contribution in [0.3, 0.4) is 0 Å². The molecule has 0 fully saturated rings. The second-order valence-electron chi connectivity index (χ2n) is 7.18. The summed E-state index contributed by atoms with van der Waals surface area (Å²) < 4.78 is 28.1. The Morgan fingerprint density at radius 3 is 2.63 bits per heavy atom. The highest BCUT2D eigenvalue weighted by Crippen LogP contribution is 2.26. The third kappa shape index (κ3) is 5.33. The Hall–Kier alpha value is -2.09. The molecular formula is C21H23Cl2N3O3S. The molecule has 0 aliphatic heterocycles. The summed E-state index contributed by atoms with van der Waals surface area (Å²) >= 11 is 12.3. The number of aromatic nitrogens is 2. The van der Waals surface area contributed by atoms with Crippen LogP contribution in [0.4, 0.5) is 0 Å². The van der Waals surface area contributed by atoms with E-state index < -0.39 is 15.9 Å². The zero-order valence-electron chi connectivity index (χ0n) is 16.8. The topological polar surface area (TPSA) is 80.5 Å². The van der Waals surface area contributed by atoms with Crippen molar-refractivity contribution in [2.24, 2.45) is 0 Å². The highest BCUT2D eigenvalue weighted by molar-refractivity contribution is 7.90. The van der Waals surface area contributed by atoms with Crippen LogP contribution in [0.2, 0.25) is 10.0 Å². The summed E-state index contributed by atoms with van der Waals surface area (Å²) in [4.78, 5) is 12.5. The summed E-state index contributed by atoms with van der Waals surface area (Å²) in [7, 11) is -3.67. The minimum Gasteiger partial charge on any atom is -0.268 e. The maximum Gasteiger partial charge on any atom is 0.264 e. The summed E-state index contributed by atoms with van der Waals surface area (Å²) in [6.45, 7) is 3.87. The van der Waals surface area contributed by atoms with E-state index in [1.54, 1.807) is 35.0 Å². The van der Waals surface area contributed by atoms with Crippen LogP contribution in [0.25, 0.3) is 5.52 Å². The molecule has 1 amide bonds. The van der Waals surface area contributed by atoms with Crippen molar-refractivity contribution in [2.45, 2.75) is 39.5 Å². The SMILES string of the molecule is CCCCCS(=O)(=O)NC(=O)c1ccn2nc(C)c(Cc3ccc(Cl)cc3Cl)c2c1. The van der Waals surface area contributed by atoms with Crippen LogP contribution >= 0.6 is 23.2 Å². The molecule has 1 aromatic carbocycles. The van der Waals surface area contributed by atoms with Gasteiger partial charge in [-0.15, -0.1) is 0 Å². The zero-order chi connectivity index (χ0) is 21.9. The summed E-state index contributed by atoms with van der Waals surface area (Å²) in [5.74, 6) is -0.718. The molecule has 0 atom stereocenters. The van der Waals surface area contributed by atoms with Gasteiger partial charge >= 0.3 is 0 Å². The van der Waals surface area contributed by atoms with Gasteiger partial charge in [-0.25, -0.2) is 17.7 Å². The van der Waals surface area contributed by atoms with Gasteiger partial charge in [0.15, 0.2) is 0 Å². The first-order valence-corrected chi connectivity index (χ1v) is 12.1. The van der Waals surface area contributed by atoms with Crippen LogP contribution in [0, 0.1) is 6.92 Å². The molecule has 0 unspecified atom stereocenters. The Bertz CT molecular complexity index is 1190. The van der Waals surface area contributed by atoms with E-state index in [0.717, 1.165) is 35.2 Å². The third-order valence-corrected chi connectivity index (χ3v) is 6.76. The minimum atomic E-state index is -3.67. The van der Waals surface area contributed by atoms with Crippen molar-refractivity contribution in [3.05, 3.63) is 69.0 Å². The molecule has 0 spiro atoms. The zero-order valence-corrected chi connectivity index (χ0v) is 19.1. The molecule has 9 heteroatoms. The van der Waals surface area contributed by atoms with E-state index in [1.807, 2.05) is 19.9 Å². The number of halogens is 2. The maximum atomic E-state index is 12.5. The molecule has 0 saturated carbocycles. The van der Waals surface area contributed by atoms with E-state index in [0.29, 0.717) is 22.9 Å². The van der Waals surface area contributed by atoms with Crippen molar-refractivity contribution in [3.8, 4) is 0 Å². The number of hydrogen-bond acceptors (Lipinski definition) is 4. The van der Waals surface area contributed by atoms with Gasteiger partial charge in [0.05, 0.1) is 17.0 Å². The monoisotopic (exact) mass is 467 g/mol. The van der Waals surface area contributed by atoms with Crippen molar-refractivity contribution >= 4 is 44.6 Å². The van der Waals surface area contributed by atoms with Crippen LogP contribution in [-0.4, -0.2) is 29.7 Å². The fourth-order valence-corrected chi connectivity index (χ4v) is 4.78. The normalized spacial score (nSPS) is 11.7. The quantitative estimate of drug-likeness (QED) is 0.482. The number of unbranched alkanes of at least 4 members (excludes halogenated alkanes) is 2. The number of sulfonamides is 1. The van der Waals surface area contributed by atoms with Crippen molar-refractivity contribution in [1.29, 1.82) is 0 Å². The molecular weight excluding hydrogens is 445 g/mol. The Morgan fingerprint density at radius 1 is 1.17 bits per heavy atom. The smallest absolute Gasteiger partial charge is 0.264 e. The average molecular weight is 468 g/mol. The van der Waals surface area contributed by atoms with Crippen LogP contribution in [0.15, 0.2) is 36.5 Å². The van der Waals surface area contributed by atoms with Gasteiger partial charge in [-0.05, 0) is 43.2 Å². The van der Waals surface area contributed by atoms with Crippen LogP contribution < -0.4 is 4.72 Å². The molecule has 160 valence electrons. The van der Waals surface area contributed by atoms with Gasteiger partial charge in [0, 0.05) is 33.8 Å². The third-order valence-electron chi connectivity index (χ3n) is 4.85. The van der Waals surface area contributed by atoms with Crippen LogP contribution in [0.5, 0.6) is 0 Å². The van der Waals surface area contributed by atoms with Gasteiger partial charge in [-0.1, -0.05) is 49.0 Å². The van der Waals surface area contributed by atoms with Gasteiger partial charge in [-0.2, -0.15) is 5.10 Å². The van der Waals surface area contributed by atoms with E-state index in [4.69, 9.17) is 23.2 Å². The number of amides is 1. The summed E-state index contributed by atoms with van der Waals surface area (Å²) in [5, 5.41) is 5.58. The fourth-order valence-electron chi connectivity index (χ4n) is 3.22. The molecule has 2 aromatic heterocycles. The number of pyridine rings is 1.